The van der Waals surface area contributed by atoms with Crippen LogP contribution in [0.1, 0.15) is 5.82 Å². The van der Waals surface area contributed by atoms with Crippen molar-refractivity contribution < 1.29 is 5.11 Å². The smallest absolute Gasteiger partial charge is 0.302 e. The van der Waals surface area contributed by atoms with Crippen LogP contribution >= 0.6 is 0 Å². The fourth-order valence-corrected chi connectivity index (χ4v) is 2.16. The highest BCUT2D eigenvalue weighted by Gasteiger charge is 2.14. The molecule has 1 N–H and O–H groups in total. The zero-order chi connectivity index (χ0) is 15.5. The number of hydrogen-bond acceptors (Lipinski definition) is 5. The highest BCUT2D eigenvalue weighted by Crippen LogP contribution is 2.12. The molecule has 3 aromatic rings. The summed E-state index contributed by atoms with van der Waals surface area (Å²) in [5.74, 6) is 0.883. The molecule has 0 unspecified atom stereocenters. The van der Waals surface area contributed by atoms with E-state index in [1.54, 1.807) is 23.8 Å². The molecule has 7 heteroatoms. The van der Waals surface area contributed by atoms with E-state index in [2.05, 4.69) is 15.2 Å². The molecule has 0 amide bonds. The Hall–Kier alpha value is -2.80. The molecule has 1 aromatic carbocycles. The number of hydrogen-bond donors (Lipinski definition) is 1. The monoisotopic (exact) mass is 297 g/mol. The molecular weight excluding hydrogens is 282 g/mol. The van der Waals surface area contributed by atoms with Crippen LogP contribution in [0.4, 0.5) is 0 Å². The Morgan fingerprint density at radius 1 is 1.18 bits per heavy atom. The Bertz CT molecular complexity index is 880. The molecule has 0 aliphatic rings. The molecule has 0 radical (unpaired) electrons. The Morgan fingerprint density at radius 3 is 2.68 bits per heavy atom. The molecule has 7 nitrogen and oxygen atoms in total. The first-order chi connectivity index (χ1) is 10.7. The lowest BCUT2D eigenvalue weighted by atomic mass is 10.2. The van der Waals surface area contributed by atoms with E-state index in [-0.39, 0.29) is 12.2 Å². The summed E-state index contributed by atoms with van der Waals surface area (Å²) in [5.41, 5.74) is 0.738. The van der Waals surface area contributed by atoms with E-state index >= 15 is 0 Å². The molecule has 0 spiro atoms. The fraction of sp³-hybridized carbons (Fsp3) is 0.200. The summed E-state index contributed by atoms with van der Waals surface area (Å²) in [7, 11) is 0. The molecule has 22 heavy (non-hydrogen) atoms. The van der Waals surface area contributed by atoms with Gasteiger partial charge in [0.05, 0.1) is 13.2 Å². The number of aromatic nitrogens is 5. The minimum absolute atomic E-state index is 0.0479. The zero-order valence-electron chi connectivity index (χ0n) is 12.0. The summed E-state index contributed by atoms with van der Waals surface area (Å²) in [4.78, 5) is 16.8. The van der Waals surface area contributed by atoms with E-state index in [0.717, 1.165) is 5.56 Å². The van der Waals surface area contributed by atoms with Gasteiger partial charge in [0.25, 0.3) is 5.78 Å². The van der Waals surface area contributed by atoms with Crippen LogP contribution in [0.3, 0.4) is 0 Å². The Morgan fingerprint density at radius 2 is 1.95 bits per heavy atom. The maximum absolute atomic E-state index is 12.6. The van der Waals surface area contributed by atoms with E-state index in [1.165, 1.54) is 4.52 Å². The highest BCUT2D eigenvalue weighted by molar-refractivity contribution is 5.58. The average Bonchev–Trinajstić information content (AvgIpc) is 2.93. The van der Waals surface area contributed by atoms with Crippen LogP contribution in [0.5, 0.6) is 0 Å². The topological polar surface area (TPSA) is 85.3 Å². The van der Waals surface area contributed by atoms with Crippen LogP contribution < -0.4 is 5.56 Å². The quantitative estimate of drug-likeness (QED) is 0.720. The number of benzene rings is 1. The second kappa shape index (κ2) is 5.90. The van der Waals surface area contributed by atoms with Crippen molar-refractivity contribution in [2.75, 3.05) is 6.61 Å². The number of fused-ring (bicyclic) bond motifs is 1. The van der Waals surface area contributed by atoms with Crippen molar-refractivity contribution >= 4 is 5.78 Å². The summed E-state index contributed by atoms with van der Waals surface area (Å²) in [6.07, 6.45) is 3.37. The summed E-state index contributed by atoms with van der Waals surface area (Å²) in [5, 5.41) is 17.4. The van der Waals surface area contributed by atoms with Gasteiger partial charge in [0.2, 0.25) is 0 Å². The molecule has 0 saturated heterocycles. The summed E-state index contributed by atoms with van der Waals surface area (Å²) in [6.45, 7) is 2.07. The van der Waals surface area contributed by atoms with Crippen LogP contribution in [0, 0.1) is 6.92 Å². The minimum atomic E-state index is -0.302. The van der Waals surface area contributed by atoms with Gasteiger partial charge in [0, 0.05) is 5.56 Å². The lowest BCUT2D eigenvalue weighted by molar-refractivity contribution is 0.342. The fourth-order valence-electron chi connectivity index (χ4n) is 2.16. The molecule has 0 fully saturated rings. The number of rotatable bonds is 4. The van der Waals surface area contributed by atoms with Gasteiger partial charge in [-0.05, 0) is 6.92 Å². The molecule has 112 valence electrons. The molecule has 0 aliphatic carbocycles. The van der Waals surface area contributed by atoms with Crippen LogP contribution in [-0.4, -0.2) is 36.1 Å². The third-order valence-electron chi connectivity index (χ3n) is 3.14. The second-order valence-electron chi connectivity index (χ2n) is 4.73. The number of aryl methyl sites for hydroxylation is 1. The molecule has 0 atom stereocenters. The Labute approximate surface area is 126 Å². The van der Waals surface area contributed by atoms with Gasteiger partial charge in [-0.2, -0.15) is 14.6 Å². The van der Waals surface area contributed by atoms with Gasteiger partial charge < -0.3 is 5.11 Å². The van der Waals surface area contributed by atoms with Crippen molar-refractivity contribution in [3.05, 3.63) is 58.7 Å². The molecule has 2 heterocycles. The van der Waals surface area contributed by atoms with Crippen LogP contribution in [0.15, 0.2) is 47.3 Å². The zero-order valence-corrected chi connectivity index (χ0v) is 12.0. The van der Waals surface area contributed by atoms with E-state index in [9.17, 15) is 4.79 Å². The van der Waals surface area contributed by atoms with Crippen LogP contribution in [-0.2, 0) is 6.54 Å². The van der Waals surface area contributed by atoms with Gasteiger partial charge in [0.1, 0.15) is 5.82 Å². The molecule has 3 rings (SSSR count). The first-order valence-corrected chi connectivity index (χ1v) is 6.86. The Kier molecular flexibility index (Phi) is 3.80. The van der Waals surface area contributed by atoms with E-state index < -0.39 is 0 Å². The van der Waals surface area contributed by atoms with Crippen molar-refractivity contribution in [2.24, 2.45) is 0 Å². The summed E-state index contributed by atoms with van der Waals surface area (Å²) < 4.78 is 2.85. The second-order valence-corrected chi connectivity index (χ2v) is 4.73. The SMILES string of the molecule is Cc1nc2n(C/C=C\CO)nc(-c3ccccc3)c(=O)n2n1. The van der Waals surface area contributed by atoms with Crippen molar-refractivity contribution in [3.8, 4) is 11.3 Å². The van der Waals surface area contributed by atoms with Gasteiger partial charge >= 0.3 is 5.56 Å². The first-order valence-electron chi connectivity index (χ1n) is 6.86. The maximum atomic E-state index is 12.6. The van der Waals surface area contributed by atoms with E-state index in [4.69, 9.17) is 5.11 Å². The normalized spacial score (nSPS) is 11.5. The molecule has 0 saturated carbocycles. The van der Waals surface area contributed by atoms with Gasteiger partial charge in [-0.25, -0.2) is 4.68 Å². The third kappa shape index (κ3) is 2.53. The van der Waals surface area contributed by atoms with E-state index in [1.807, 2.05) is 30.3 Å². The largest absolute Gasteiger partial charge is 0.392 e. The van der Waals surface area contributed by atoms with Crippen molar-refractivity contribution in [1.82, 2.24) is 24.4 Å². The lowest BCUT2D eigenvalue weighted by Crippen LogP contribution is -2.24. The van der Waals surface area contributed by atoms with Crippen molar-refractivity contribution in [3.63, 3.8) is 0 Å². The standard InChI is InChI=1S/C15H15N5O2/c1-11-16-15-19(9-5-6-10-21)18-13(14(22)20(15)17-11)12-7-3-2-4-8-12/h2-8,21H,9-10H2,1H3/b6-5-. The summed E-state index contributed by atoms with van der Waals surface area (Å²) >= 11 is 0. The van der Waals surface area contributed by atoms with Crippen molar-refractivity contribution in [2.45, 2.75) is 13.5 Å². The van der Waals surface area contributed by atoms with Crippen molar-refractivity contribution in [1.29, 1.82) is 0 Å². The lowest BCUT2D eigenvalue weighted by Gasteiger charge is -2.07. The molecule has 0 aliphatic heterocycles. The maximum Gasteiger partial charge on any atom is 0.302 e. The first kappa shape index (κ1) is 14.2. The van der Waals surface area contributed by atoms with Gasteiger partial charge in [-0.15, -0.1) is 5.10 Å². The predicted molar refractivity (Wildman–Crippen MR) is 81.4 cm³/mol. The number of aliphatic hydroxyl groups is 1. The third-order valence-corrected chi connectivity index (χ3v) is 3.14. The number of nitrogens with zero attached hydrogens (tertiary/aromatic N) is 5. The predicted octanol–water partition coefficient (Wildman–Crippen LogP) is 0.810. The number of allylic oxidation sites excluding steroid dienone is 1. The number of aliphatic hydroxyl groups excluding tert-OH is 1. The average molecular weight is 297 g/mol. The van der Waals surface area contributed by atoms with Crippen LogP contribution in [0.2, 0.25) is 0 Å². The highest BCUT2D eigenvalue weighted by atomic mass is 16.2. The van der Waals surface area contributed by atoms with Gasteiger partial charge in [-0.3, -0.25) is 4.79 Å². The van der Waals surface area contributed by atoms with Gasteiger partial charge in [0.15, 0.2) is 5.69 Å². The molecule has 2 aromatic heterocycles. The van der Waals surface area contributed by atoms with Crippen LogP contribution in [0.25, 0.3) is 17.0 Å². The summed E-state index contributed by atoms with van der Waals surface area (Å²) in [6, 6.07) is 9.23. The molecular formula is C15H15N5O2. The van der Waals surface area contributed by atoms with Gasteiger partial charge in [-0.1, -0.05) is 42.5 Å². The Balaban J connectivity index is 2.23. The molecule has 0 bridgehead atoms. The minimum Gasteiger partial charge on any atom is -0.392 e. The van der Waals surface area contributed by atoms with E-state index in [0.29, 0.717) is 23.8 Å².